The summed E-state index contributed by atoms with van der Waals surface area (Å²) in [7, 11) is 0. The molecule has 0 aliphatic carbocycles. The zero-order valence-corrected chi connectivity index (χ0v) is 13.6. The van der Waals surface area contributed by atoms with Gasteiger partial charge in [0.15, 0.2) is 12.1 Å². The third-order valence-electron chi connectivity index (χ3n) is 3.36. The molecule has 3 rings (SSSR count). The van der Waals surface area contributed by atoms with Gasteiger partial charge >= 0.3 is 5.69 Å². The van der Waals surface area contributed by atoms with E-state index >= 15 is 0 Å². The van der Waals surface area contributed by atoms with E-state index in [9.17, 15) is 19.3 Å². The minimum absolute atomic E-state index is 0.0151. The number of rotatable bonds is 5. The number of aldehydes is 1. The van der Waals surface area contributed by atoms with Gasteiger partial charge in [0.05, 0.1) is 16.1 Å². The van der Waals surface area contributed by atoms with Gasteiger partial charge in [0.1, 0.15) is 23.5 Å². The molecule has 0 aliphatic rings. The molecule has 1 aromatic carbocycles. The quantitative estimate of drug-likeness (QED) is 0.411. The number of nitrogens with zero attached hydrogens (tertiary/aromatic N) is 4. The van der Waals surface area contributed by atoms with Gasteiger partial charge in [-0.15, -0.1) is 0 Å². The van der Waals surface area contributed by atoms with Crippen molar-refractivity contribution in [3.63, 3.8) is 0 Å². The Bertz CT molecular complexity index is 1010. The summed E-state index contributed by atoms with van der Waals surface area (Å²) in [5.41, 5.74) is -0.160. The lowest BCUT2D eigenvalue weighted by molar-refractivity contribution is -0.384. The first-order valence-corrected chi connectivity index (χ1v) is 7.50. The number of hydrogen-bond donors (Lipinski definition) is 1. The highest BCUT2D eigenvalue weighted by Gasteiger charge is 2.17. The average Bonchev–Trinajstić information content (AvgIpc) is 2.64. The predicted octanol–water partition coefficient (Wildman–Crippen LogP) is 3.80. The van der Waals surface area contributed by atoms with E-state index in [0.29, 0.717) is 6.29 Å². The van der Waals surface area contributed by atoms with Crippen LogP contribution in [0.25, 0.3) is 11.4 Å². The van der Waals surface area contributed by atoms with Gasteiger partial charge in [-0.05, 0) is 24.3 Å². The van der Waals surface area contributed by atoms with Gasteiger partial charge < -0.3 is 5.32 Å². The van der Waals surface area contributed by atoms with Crippen LogP contribution < -0.4 is 5.32 Å². The molecule has 8 nitrogen and oxygen atoms in total. The first-order valence-electron chi connectivity index (χ1n) is 7.12. The Morgan fingerprint density at radius 3 is 2.81 bits per heavy atom. The number of benzene rings is 1. The Morgan fingerprint density at radius 2 is 2.08 bits per heavy atom. The Morgan fingerprint density at radius 1 is 1.27 bits per heavy atom. The molecular formula is C16H9ClFN5O3. The van der Waals surface area contributed by atoms with Crippen LogP contribution in [0.1, 0.15) is 10.4 Å². The average molecular weight is 374 g/mol. The first-order chi connectivity index (χ1) is 12.5. The molecule has 3 aromatic rings. The Labute approximate surface area is 150 Å². The summed E-state index contributed by atoms with van der Waals surface area (Å²) < 4.78 is 14.0. The molecule has 0 aliphatic heterocycles. The van der Waals surface area contributed by atoms with E-state index in [2.05, 4.69) is 20.3 Å². The number of carbonyl (C=O) groups excluding carboxylic acids is 1. The topological polar surface area (TPSA) is 111 Å². The number of halogens is 2. The van der Waals surface area contributed by atoms with Crippen LogP contribution in [0.3, 0.4) is 0 Å². The SMILES string of the molecule is O=Cc1cnc(-c2cc(Cl)ccc2F)nc1Nc1ccncc1[N+](=O)[O-]. The first kappa shape index (κ1) is 17.4. The molecule has 10 heteroatoms. The smallest absolute Gasteiger partial charge is 0.310 e. The summed E-state index contributed by atoms with van der Waals surface area (Å²) >= 11 is 5.87. The van der Waals surface area contributed by atoms with Gasteiger partial charge in [0.25, 0.3) is 0 Å². The molecule has 0 saturated carbocycles. The lowest BCUT2D eigenvalue weighted by Gasteiger charge is -2.10. The van der Waals surface area contributed by atoms with E-state index in [1.165, 1.54) is 30.6 Å². The summed E-state index contributed by atoms with van der Waals surface area (Å²) in [6, 6.07) is 5.23. The molecule has 0 amide bonds. The maximum absolute atomic E-state index is 14.0. The van der Waals surface area contributed by atoms with E-state index in [1.807, 2.05) is 0 Å². The molecule has 0 unspecified atom stereocenters. The molecule has 0 fully saturated rings. The number of pyridine rings is 1. The zero-order chi connectivity index (χ0) is 18.7. The van der Waals surface area contributed by atoms with E-state index < -0.39 is 10.7 Å². The van der Waals surface area contributed by atoms with Crippen LogP contribution in [0, 0.1) is 15.9 Å². The minimum atomic E-state index is -0.630. The van der Waals surface area contributed by atoms with Crippen molar-refractivity contribution in [2.45, 2.75) is 0 Å². The van der Waals surface area contributed by atoms with Crippen LogP contribution in [0.5, 0.6) is 0 Å². The summed E-state index contributed by atoms with van der Waals surface area (Å²) in [5, 5.41) is 14.1. The zero-order valence-electron chi connectivity index (χ0n) is 12.9. The van der Waals surface area contributed by atoms with Gasteiger partial charge in [0.2, 0.25) is 0 Å². The molecule has 0 atom stereocenters. The molecule has 0 radical (unpaired) electrons. The van der Waals surface area contributed by atoms with Crippen LogP contribution in [-0.2, 0) is 0 Å². The third-order valence-corrected chi connectivity index (χ3v) is 3.60. The second kappa shape index (κ2) is 7.19. The highest BCUT2D eigenvalue weighted by molar-refractivity contribution is 6.30. The van der Waals surface area contributed by atoms with Crippen molar-refractivity contribution in [1.29, 1.82) is 0 Å². The van der Waals surface area contributed by atoms with Gasteiger partial charge in [-0.1, -0.05) is 11.6 Å². The van der Waals surface area contributed by atoms with Crippen molar-refractivity contribution in [2.75, 3.05) is 5.32 Å². The molecule has 130 valence electrons. The molecule has 0 saturated heterocycles. The molecule has 1 N–H and O–H groups in total. The van der Waals surface area contributed by atoms with Crippen LogP contribution in [0.2, 0.25) is 5.02 Å². The van der Waals surface area contributed by atoms with Crippen molar-refractivity contribution >= 4 is 35.1 Å². The predicted molar refractivity (Wildman–Crippen MR) is 92.0 cm³/mol. The number of nitrogens with one attached hydrogen (secondary N) is 1. The molecule has 0 spiro atoms. The second-order valence-corrected chi connectivity index (χ2v) is 5.45. The van der Waals surface area contributed by atoms with Crippen LogP contribution in [0.15, 0.2) is 42.9 Å². The highest BCUT2D eigenvalue weighted by atomic mass is 35.5. The maximum atomic E-state index is 14.0. The van der Waals surface area contributed by atoms with Crippen LogP contribution >= 0.6 is 11.6 Å². The lowest BCUT2D eigenvalue weighted by atomic mass is 10.2. The van der Waals surface area contributed by atoms with Crippen molar-refractivity contribution in [3.8, 4) is 11.4 Å². The molecular weight excluding hydrogens is 365 g/mol. The summed E-state index contributed by atoms with van der Waals surface area (Å²) in [5.74, 6) is -0.650. The molecule has 2 aromatic heterocycles. The molecule has 2 heterocycles. The van der Waals surface area contributed by atoms with E-state index in [1.54, 1.807) is 0 Å². The number of aromatic nitrogens is 3. The lowest BCUT2D eigenvalue weighted by Crippen LogP contribution is -2.04. The van der Waals surface area contributed by atoms with Crippen molar-refractivity contribution in [2.24, 2.45) is 0 Å². The Kier molecular flexibility index (Phi) is 4.81. The largest absolute Gasteiger partial charge is 0.334 e. The Hall–Kier alpha value is -3.46. The number of anilines is 2. The third kappa shape index (κ3) is 3.47. The van der Waals surface area contributed by atoms with Crippen molar-refractivity contribution < 1.29 is 14.1 Å². The number of hydrogen-bond acceptors (Lipinski definition) is 7. The summed E-state index contributed by atoms with van der Waals surface area (Å²) in [4.78, 5) is 33.5. The van der Waals surface area contributed by atoms with E-state index in [4.69, 9.17) is 11.6 Å². The number of carbonyl (C=O) groups is 1. The van der Waals surface area contributed by atoms with Gasteiger partial charge in [0, 0.05) is 17.4 Å². The standard InChI is InChI=1S/C16H9ClFN5O3/c17-10-1-2-12(18)11(5-10)16-20-6-9(8-24)15(22-16)21-13-3-4-19-7-14(13)23(25)26/h1-8H,(H,19,20,21,22). The monoisotopic (exact) mass is 373 g/mol. The Balaban J connectivity index is 2.09. The summed E-state index contributed by atoms with van der Waals surface area (Å²) in [6.07, 6.45) is 4.06. The second-order valence-electron chi connectivity index (χ2n) is 5.01. The summed E-state index contributed by atoms with van der Waals surface area (Å²) in [6.45, 7) is 0. The van der Waals surface area contributed by atoms with Crippen molar-refractivity contribution in [1.82, 2.24) is 15.0 Å². The fourth-order valence-corrected chi connectivity index (χ4v) is 2.31. The normalized spacial score (nSPS) is 10.4. The fourth-order valence-electron chi connectivity index (χ4n) is 2.14. The fraction of sp³-hybridized carbons (Fsp3) is 0. The van der Waals surface area contributed by atoms with Gasteiger partial charge in [-0.3, -0.25) is 19.9 Å². The van der Waals surface area contributed by atoms with Gasteiger partial charge in [-0.25, -0.2) is 14.4 Å². The van der Waals surface area contributed by atoms with E-state index in [0.717, 1.165) is 12.3 Å². The maximum Gasteiger partial charge on any atom is 0.310 e. The molecule has 26 heavy (non-hydrogen) atoms. The highest BCUT2D eigenvalue weighted by Crippen LogP contribution is 2.29. The molecule has 0 bridgehead atoms. The van der Waals surface area contributed by atoms with Crippen LogP contribution in [0.4, 0.5) is 21.6 Å². The van der Waals surface area contributed by atoms with Crippen molar-refractivity contribution in [3.05, 3.63) is 69.4 Å². The van der Waals surface area contributed by atoms with Crippen LogP contribution in [-0.4, -0.2) is 26.2 Å². The van der Waals surface area contributed by atoms with Gasteiger partial charge in [-0.2, -0.15) is 0 Å². The minimum Gasteiger partial charge on any atom is -0.334 e. The number of nitro groups is 1. The van der Waals surface area contributed by atoms with E-state index in [-0.39, 0.29) is 39.2 Å².